The van der Waals surface area contributed by atoms with Crippen LogP contribution in [-0.2, 0) is 6.42 Å². The van der Waals surface area contributed by atoms with Crippen molar-refractivity contribution in [3.05, 3.63) is 166 Å². The fraction of sp³-hybridized carbons (Fsp3) is 0.171. The lowest BCUT2D eigenvalue weighted by Gasteiger charge is -2.36. The molecule has 0 saturated heterocycles. The van der Waals surface area contributed by atoms with Gasteiger partial charge in [-0.25, -0.2) is 0 Å². The van der Waals surface area contributed by atoms with Crippen LogP contribution in [0.25, 0.3) is 33.9 Å². The first-order chi connectivity index (χ1) is 21.2. The summed E-state index contributed by atoms with van der Waals surface area (Å²) in [6, 6.07) is 22.4. The third-order valence-electron chi connectivity index (χ3n) is 9.56. The molecular formula is C41H34N2. The normalized spacial score (nSPS) is 20.4. The van der Waals surface area contributed by atoms with Crippen LogP contribution in [0, 0.1) is 18.8 Å². The Balaban J connectivity index is 1.25. The number of benzene rings is 2. The zero-order chi connectivity index (χ0) is 28.8. The molecule has 208 valence electrons. The summed E-state index contributed by atoms with van der Waals surface area (Å²) in [6.07, 6.45) is 28.4. The Bertz CT molecular complexity index is 2030. The Morgan fingerprint density at radius 1 is 0.605 bits per heavy atom. The Labute approximate surface area is 253 Å². The first-order valence-corrected chi connectivity index (χ1v) is 15.5. The molecule has 0 radical (unpaired) electrons. The van der Waals surface area contributed by atoms with E-state index < -0.39 is 0 Å². The molecule has 2 aromatic heterocycles. The highest BCUT2D eigenvalue weighted by Gasteiger charge is 2.34. The predicted molar refractivity (Wildman–Crippen MR) is 178 cm³/mol. The molecule has 2 aromatic carbocycles. The van der Waals surface area contributed by atoms with Gasteiger partial charge >= 0.3 is 0 Å². The number of aromatic nitrogens is 2. The van der Waals surface area contributed by atoms with Crippen molar-refractivity contribution in [2.24, 2.45) is 11.8 Å². The molecule has 0 N–H and O–H groups in total. The summed E-state index contributed by atoms with van der Waals surface area (Å²) in [5, 5.41) is 2.81. The van der Waals surface area contributed by atoms with Gasteiger partial charge in [0, 0.05) is 42.2 Å². The van der Waals surface area contributed by atoms with Crippen molar-refractivity contribution in [2.45, 2.75) is 32.6 Å². The number of aryl methyl sites for hydroxylation is 2. The first kappa shape index (κ1) is 25.9. The van der Waals surface area contributed by atoms with E-state index in [0.717, 1.165) is 36.8 Å². The number of fused-ring (bicyclic) bond motifs is 3. The summed E-state index contributed by atoms with van der Waals surface area (Å²) in [6.45, 7) is 2.20. The zero-order valence-electron chi connectivity index (χ0n) is 24.5. The highest BCUT2D eigenvalue weighted by atomic mass is 14.6. The summed E-state index contributed by atoms with van der Waals surface area (Å²) < 4.78 is 0. The average molecular weight is 555 g/mol. The van der Waals surface area contributed by atoms with Crippen molar-refractivity contribution >= 4 is 22.8 Å². The van der Waals surface area contributed by atoms with E-state index in [2.05, 4.69) is 108 Å². The second-order valence-corrected chi connectivity index (χ2v) is 12.1. The fourth-order valence-electron chi connectivity index (χ4n) is 7.50. The molecule has 0 spiro atoms. The third kappa shape index (κ3) is 4.68. The maximum atomic E-state index is 4.59. The average Bonchev–Trinajstić information content (AvgIpc) is 3.07. The lowest BCUT2D eigenvalue weighted by atomic mass is 9.67. The van der Waals surface area contributed by atoms with Gasteiger partial charge < -0.3 is 0 Å². The van der Waals surface area contributed by atoms with Crippen LogP contribution in [0.3, 0.4) is 0 Å². The van der Waals surface area contributed by atoms with Crippen LogP contribution < -0.4 is 10.4 Å². The number of allylic oxidation sites excluding steroid dienone is 9. The minimum atomic E-state index is 0.341. The first-order valence-electron chi connectivity index (χ1n) is 15.5. The number of rotatable bonds is 4. The van der Waals surface area contributed by atoms with Gasteiger partial charge in [0.15, 0.2) is 0 Å². The molecule has 43 heavy (non-hydrogen) atoms. The molecule has 8 rings (SSSR count). The molecule has 0 saturated carbocycles. The van der Waals surface area contributed by atoms with Crippen LogP contribution >= 0.6 is 0 Å². The van der Waals surface area contributed by atoms with E-state index in [9.17, 15) is 0 Å². The third-order valence-corrected chi connectivity index (χ3v) is 9.56. The second-order valence-electron chi connectivity index (χ2n) is 12.1. The van der Waals surface area contributed by atoms with E-state index in [4.69, 9.17) is 0 Å². The van der Waals surface area contributed by atoms with Gasteiger partial charge in [-0.2, -0.15) is 0 Å². The standard InChI is InChI=1S/C41H34N2/c1-27-10-11-32-23-33(17-16-31(32)22-27)41-38-8-4-2-6-36(38)40(37-7-3-5-9-39(37)41)30-14-12-28(13-15-30)34-24-35(26-43-25-34)29-18-20-42-21-19-29/h2-12,14,18-26,36,38H,13,15-17H2,1H3. The minimum Gasteiger partial charge on any atom is -0.265 e. The Morgan fingerprint density at radius 3 is 2.02 bits per heavy atom. The molecule has 2 nitrogen and oxygen atoms in total. The number of hydrogen-bond acceptors (Lipinski definition) is 2. The highest BCUT2D eigenvalue weighted by Crippen LogP contribution is 2.44. The molecule has 4 aliphatic rings. The van der Waals surface area contributed by atoms with Crippen LogP contribution in [0.2, 0.25) is 0 Å². The van der Waals surface area contributed by atoms with E-state index in [1.54, 1.807) is 0 Å². The van der Waals surface area contributed by atoms with Gasteiger partial charge in [0.2, 0.25) is 0 Å². The predicted octanol–water partition coefficient (Wildman–Crippen LogP) is 7.96. The SMILES string of the molecule is Cc1ccc2c(c1)CCC(C1=c3ccccc3=C(C3=CC=C(c4cncc(-c5ccncc5)c4)CC3)C3C=CC=CC13)=C2. The Kier molecular flexibility index (Phi) is 6.48. The maximum absolute atomic E-state index is 4.59. The van der Waals surface area contributed by atoms with Gasteiger partial charge in [-0.05, 0) is 111 Å². The van der Waals surface area contributed by atoms with Gasteiger partial charge in [0.1, 0.15) is 0 Å². The molecule has 2 heteroatoms. The van der Waals surface area contributed by atoms with Crippen molar-refractivity contribution in [3.8, 4) is 11.1 Å². The van der Waals surface area contributed by atoms with Crippen LogP contribution in [-0.4, -0.2) is 9.97 Å². The molecule has 4 aromatic rings. The topological polar surface area (TPSA) is 25.8 Å². The van der Waals surface area contributed by atoms with Crippen molar-refractivity contribution in [2.75, 3.05) is 0 Å². The van der Waals surface area contributed by atoms with E-state index in [0.29, 0.717) is 11.8 Å². The second kappa shape index (κ2) is 10.8. The van der Waals surface area contributed by atoms with E-state index >= 15 is 0 Å². The largest absolute Gasteiger partial charge is 0.265 e. The molecule has 0 aliphatic heterocycles. The summed E-state index contributed by atoms with van der Waals surface area (Å²) >= 11 is 0. The number of pyridine rings is 2. The molecule has 0 fully saturated rings. The molecule has 0 bridgehead atoms. The fourth-order valence-corrected chi connectivity index (χ4v) is 7.50. The van der Waals surface area contributed by atoms with Crippen molar-refractivity contribution in [1.82, 2.24) is 9.97 Å². The molecule has 0 amide bonds. The lowest BCUT2D eigenvalue weighted by molar-refractivity contribution is 0.673. The summed E-state index contributed by atoms with van der Waals surface area (Å²) in [4.78, 5) is 8.76. The van der Waals surface area contributed by atoms with Crippen molar-refractivity contribution < 1.29 is 0 Å². The maximum Gasteiger partial charge on any atom is 0.0346 e. The van der Waals surface area contributed by atoms with Gasteiger partial charge in [0.05, 0.1) is 0 Å². The van der Waals surface area contributed by atoms with Crippen molar-refractivity contribution in [3.63, 3.8) is 0 Å². The number of hydrogen-bond donors (Lipinski definition) is 0. The van der Waals surface area contributed by atoms with Crippen LogP contribution in [0.5, 0.6) is 0 Å². The highest BCUT2D eigenvalue weighted by molar-refractivity contribution is 5.85. The quantitative estimate of drug-likeness (QED) is 0.256. The lowest BCUT2D eigenvalue weighted by Crippen LogP contribution is -2.40. The van der Waals surface area contributed by atoms with Gasteiger partial charge in [0.25, 0.3) is 0 Å². The van der Waals surface area contributed by atoms with Crippen LogP contribution in [0.4, 0.5) is 0 Å². The monoisotopic (exact) mass is 554 g/mol. The smallest absolute Gasteiger partial charge is 0.0346 e. The molecular weight excluding hydrogens is 520 g/mol. The van der Waals surface area contributed by atoms with E-state index in [1.807, 2.05) is 36.9 Å². The molecule has 2 unspecified atom stereocenters. The number of nitrogens with zero attached hydrogens (tertiary/aromatic N) is 2. The summed E-state index contributed by atoms with van der Waals surface area (Å²) in [7, 11) is 0. The van der Waals surface area contributed by atoms with E-state index in [-0.39, 0.29) is 0 Å². The summed E-state index contributed by atoms with van der Waals surface area (Å²) in [5.41, 5.74) is 15.0. The van der Waals surface area contributed by atoms with Gasteiger partial charge in [-0.15, -0.1) is 0 Å². The van der Waals surface area contributed by atoms with Crippen LogP contribution in [0.15, 0.2) is 133 Å². The molecule has 2 heterocycles. The van der Waals surface area contributed by atoms with Gasteiger partial charge in [-0.3, -0.25) is 9.97 Å². The molecule has 4 aliphatic carbocycles. The Morgan fingerprint density at radius 2 is 1.28 bits per heavy atom. The Hall–Kier alpha value is -4.82. The van der Waals surface area contributed by atoms with Crippen molar-refractivity contribution in [1.29, 1.82) is 0 Å². The minimum absolute atomic E-state index is 0.341. The zero-order valence-corrected chi connectivity index (χ0v) is 24.5. The molecule has 2 atom stereocenters. The van der Waals surface area contributed by atoms with E-state index in [1.165, 1.54) is 60.6 Å². The van der Waals surface area contributed by atoms with Gasteiger partial charge in [-0.1, -0.05) is 90.6 Å². The summed E-state index contributed by atoms with van der Waals surface area (Å²) in [5.74, 6) is 0.689. The van der Waals surface area contributed by atoms with Crippen LogP contribution in [0.1, 0.15) is 41.5 Å².